The molecule has 33 heavy (non-hydrogen) atoms. The van der Waals surface area contributed by atoms with E-state index in [4.69, 9.17) is 0 Å². The predicted octanol–water partition coefficient (Wildman–Crippen LogP) is 2.55. The maximum absolute atomic E-state index is 13.1. The van der Waals surface area contributed by atoms with Crippen LogP contribution in [0.2, 0.25) is 0 Å². The van der Waals surface area contributed by atoms with E-state index in [1.54, 1.807) is 0 Å². The van der Waals surface area contributed by atoms with E-state index in [0.717, 1.165) is 34.7 Å². The van der Waals surface area contributed by atoms with Gasteiger partial charge in [-0.05, 0) is 47.7 Å². The van der Waals surface area contributed by atoms with Crippen molar-refractivity contribution in [3.05, 3.63) is 88.4 Å². The molecule has 174 valence electrons. The summed E-state index contributed by atoms with van der Waals surface area (Å²) in [5, 5.41) is 4.65. The second-order valence-electron chi connectivity index (χ2n) is 7.19. The van der Waals surface area contributed by atoms with Gasteiger partial charge in [0.05, 0.1) is 24.5 Å². The average Bonchev–Trinajstić information content (AvgIpc) is 3.31. The summed E-state index contributed by atoms with van der Waals surface area (Å²) in [6, 6.07) is 17.6. The zero-order valence-corrected chi connectivity index (χ0v) is 19.4. The van der Waals surface area contributed by atoms with Gasteiger partial charge in [-0.1, -0.05) is 36.4 Å². The highest BCUT2D eigenvalue weighted by Crippen LogP contribution is 2.13. The molecule has 0 saturated heterocycles. The number of carbonyl (C=O) groups is 2. The zero-order chi connectivity index (χ0) is 23.7. The Morgan fingerprint density at radius 2 is 1.70 bits per heavy atom. The molecular formula is C23H24FN3O4S2. The van der Waals surface area contributed by atoms with Crippen molar-refractivity contribution in [1.82, 2.24) is 14.9 Å². The predicted molar refractivity (Wildman–Crippen MR) is 124 cm³/mol. The Bertz CT molecular complexity index is 1150. The van der Waals surface area contributed by atoms with Crippen molar-refractivity contribution in [3.63, 3.8) is 0 Å². The van der Waals surface area contributed by atoms with Crippen LogP contribution in [0.1, 0.15) is 10.4 Å². The molecule has 0 aliphatic carbocycles. The molecule has 1 heterocycles. The topological polar surface area (TPSA) is 95.6 Å². The number of benzene rings is 2. The second-order valence-corrected chi connectivity index (χ2v) is 9.99. The van der Waals surface area contributed by atoms with Crippen molar-refractivity contribution in [1.29, 1.82) is 0 Å². The molecule has 0 radical (unpaired) electrons. The molecule has 0 atom stereocenters. The van der Waals surface area contributed by atoms with Crippen LogP contribution >= 0.6 is 11.3 Å². The molecule has 1 aromatic heterocycles. The summed E-state index contributed by atoms with van der Waals surface area (Å²) in [7, 11) is -4.00. The van der Waals surface area contributed by atoms with Crippen molar-refractivity contribution in [2.45, 2.75) is 17.9 Å². The van der Waals surface area contributed by atoms with Gasteiger partial charge >= 0.3 is 0 Å². The molecule has 0 fully saturated rings. The minimum Gasteiger partial charge on any atom is -0.354 e. The fourth-order valence-electron chi connectivity index (χ4n) is 3.01. The number of rotatable bonds is 11. The molecule has 7 nitrogen and oxygen atoms in total. The van der Waals surface area contributed by atoms with Crippen LogP contribution in [0, 0.1) is 5.82 Å². The largest absolute Gasteiger partial charge is 0.354 e. The van der Waals surface area contributed by atoms with Crippen molar-refractivity contribution >= 4 is 33.2 Å². The van der Waals surface area contributed by atoms with Crippen LogP contribution in [0.3, 0.4) is 0 Å². The summed E-state index contributed by atoms with van der Waals surface area (Å²) in [5.74, 6) is -1.45. The highest BCUT2D eigenvalue weighted by Gasteiger charge is 2.21. The first-order valence-electron chi connectivity index (χ1n) is 10.2. The molecule has 2 N–H and O–H groups in total. The van der Waals surface area contributed by atoms with Gasteiger partial charge in [0, 0.05) is 11.4 Å². The van der Waals surface area contributed by atoms with E-state index in [-0.39, 0.29) is 23.9 Å². The van der Waals surface area contributed by atoms with Crippen LogP contribution in [-0.2, 0) is 32.6 Å². The molecule has 0 aliphatic heterocycles. The zero-order valence-electron chi connectivity index (χ0n) is 17.7. The number of halogens is 1. The van der Waals surface area contributed by atoms with Crippen LogP contribution in [0.4, 0.5) is 4.39 Å². The highest BCUT2D eigenvalue weighted by molar-refractivity contribution is 7.89. The van der Waals surface area contributed by atoms with E-state index in [1.807, 2.05) is 47.8 Å². The summed E-state index contributed by atoms with van der Waals surface area (Å²) < 4.78 is 40.1. The van der Waals surface area contributed by atoms with Crippen molar-refractivity contribution < 1.29 is 22.4 Å². The number of hydrogen-bond acceptors (Lipinski definition) is 5. The quantitative estimate of drug-likeness (QED) is 0.433. The lowest BCUT2D eigenvalue weighted by Gasteiger charge is -2.22. The van der Waals surface area contributed by atoms with Crippen LogP contribution in [-0.4, -0.2) is 44.8 Å². The Balaban J connectivity index is 1.58. The van der Waals surface area contributed by atoms with Crippen LogP contribution in [0.15, 0.2) is 77.0 Å². The molecule has 0 spiro atoms. The smallest absolute Gasteiger partial charge is 0.241 e. The third-order valence-electron chi connectivity index (χ3n) is 4.73. The summed E-state index contributed by atoms with van der Waals surface area (Å²) >= 11 is 1.43. The van der Waals surface area contributed by atoms with Gasteiger partial charge in [-0.25, -0.2) is 17.5 Å². The molecule has 0 saturated carbocycles. The van der Waals surface area contributed by atoms with E-state index in [9.17, 15) is 22.4 Å². The molecule has 0 unspecified atom stereocenters. The number of amides is 2. The molecule has 0 aliphatic rings. The molecule has 0 bridgehead atoms. The fraction of sp³-hybridized carbons (Fsp3) is 0.217. The fourth-order valence-corrected chi connectivity index (χ4v) is 4.70. The van der Waals surface area contributed by atoms with Gasteiger partial charge < -0.3 is 10.2 Å². The Labute approximate surface area is 196 Å². The lowest BCUT2D eigenvalue weighted by Crippen LogP contribution is -2.44. The van der Waals surface area contributed by atoms with E-state index in [0.29, 0.717) is 13.0 Å². The molecular weight excluding hydrogens is 465 g/mol. The monoisotopic (exact) mass is 489 g/mol. The first-order chi connectivity index (χ1) is 15.8. The number of hydrogen-bond donors (Lipinski definition) is 2. The Morgan fingerprint density at radius 3 is 2.36 bits per heavy atom. The van der Waals surface area contributed by atoms with Crippen molar-refractivity contribution in [2.24, 2.45) is 0 Å². The first-order valence-corrected chi connectivity index (χ1v) is 12.6. The van der Waals surface area contributed by atoms with Gasteiger partial charge in [-0.2, -0.15) is 0 Å². The maximum atomic E-state index is 13.1. The molecule has 10 heteroatoms. The van der Waals surface area contributed by atoms with Crippen molar-refractivity contribution in [3.8, 4) is 0 Å². The van der Waals surface area contributed by atoms with Gasteiger partial charge in [-0.3, -0.25) is 9.59 Å². The summed E-state index contributed by atoms with van der Waals surface area (Å²) in [5.41, 5.74) is 1.08. The second kappa shape index (κ2) is 11.7. The van der Waals surface area contributed by atoms with Gasteiger partial charge in [-0.15, -0.1) is 11.3 Å². The Kier molecular flexibility index (Phi) is 8.70. The summed E-state index contributed by atoms with van der Waals surface area (Å²) in [4.78, 5) is 27.3. The van der Waals surface area contributed by atoms with E-state index < -0.39 is 28.3 Å². The van der Waals surface area contributed by atoms with Gasteiger partial charge in [0.25, 0.3) is 0 Å². The molecule has 3 aromatic rings. The van der Waals surface area contributed by atoms with Crippen LogP contribution in [0.5, 0.6) is 0 Å². The lowest BCUT2D eigenvalue weighted by molar-refractivity contribution is -0.135. The van der Waals surface area contributed by atoms with Gasteiger partial charge in [0.15, 0.2) is 0 Å². The molecule has 3 rings (SSSR count). The number of carbonyl (C=O) groups excluding carboxylic acids is 2. The van der Waals surface area contributed by atoms with Crippen LogP contribution in [0.25, 0.3) is 0 Å². The van der Waals surface area contributed by atoms with Crippen molar-refractivity contribution in [2.75, 3.05) is 19.6 Å². The van der Waals surface area contributed by atoms with Gasteiger partial charge in [0.1, 0.15) is 5.82 Å². The lowest BCUT2D eigenvalue weighted by atomic mass is 10.1. The number of thiophene rings is 1. The third-order valence-corrected chi connectivity index (χ3v) is 7.01. The molecule has 2 amide bonds. The number of nitrogens with zero attached hydrogens (tertiary/aromatic N) is 1. The van der Waals surface area contributed by atoms with E-state index in [1.165, 1.54) is 16.2 Å². The average molecular weight is 490 g/mol. The highest BCUT2D eigenvalue weighted by atomic mass is 32.2. The summed E-state index contributed by atoms with van der Waals surface area (Å²) in [6.45, 7) is -0.131. The van der Waals surface area contributed by atoms with Crippen LogP contribution < -0.4 is 10.0 Å². The SMILES string of the molecule is O=C(CN(Cc1cccs1)C(=O)CNS(=O)(=O)c1ccc(F)cc1)NCCc1ccccc1. The Hall–Kier alpha value is -3.08. The maximum Gasteiger partial charge on any atom is 0.241 e. The summed E-state index contributed by atoms with van der Waals surface area (Å²) in [6.07, 6.45) is 0.656. The first kappa shape index (κ1) is 24.6. The van der Waals surface area contributed by atoms with E-state index in [2.05, 4.69) is 10.0 Å². The standard InChI is InChI=1S/C23H24FN3O4S2/c24-19-8-10-21(11-9-19)33(30,31)26-15-23(29)27(16-20-7-4-14-32-20)17-22(28)25-13-12-18-5-2-1-3-6-18/h1-11,14,26H,12-13,15-17H2,(H,25,28). The van der Waals surface area contributed by atoms with Gasteiger partial charge in [0.2, 0.25) is 21.8 Å². The third kappa shape index (κ3) is 7.77. The normalized spacial score (nSPS) is 11.2. The Morgan fingerprint density at radius 1 is 0.970 bits per heavy atom. The van der Waals surface area contributed by atoms with E-state index >= 15 is 0 Å². The minimum atomic E-state index is -4.00. The number of sulfonamides is 1. The number of nitrogens with one attached hydrogen (secondary N) is 2. The minimum absolute atomic E-state index is 0.153. The molecule has 2 aromatic carbocycles.